The molecule has 5 nitrogen and oxygen atoms in total. The summed E-state index contributed by atoms with van der Waals surface area (Å²) in [6.07, 6.45) is 4.44. The van der Waals surface area contributed by atoms with Gasteiger partial charge in [-0.1, -0.05) is 18.0 Å². The van der Waals surface area contributed by atoms with Gasteiger partial charge in [-0.15, -0.1) is 0 Å². The second kappa shape index (κ2) is 5.63. The monoisotopic (exact) mass is 273 g/mol. The lowest BCUT2D eigenvalue weighted by molar-refractivity contribution is 0.290. The predicted molar refractivity (Wildman–Crippen MR) is 75.5 cm³/mol. The number of benzene rings is 1. The third-order valence-corrected chi connectivity index (χ3v) is 3.93. The Balaban J connectivity index is 1.81. The summed E-state index contributed by atoms with van der Waals surface area (Å²) in [6.45, 7) is 0. The summed E-state index contributed by atoms with van der Waals surface area (Å²) in [5, 5.41) is 4.07. The molecule has 1 aliphatic carbocycles. The maximum absolute atomic E-state index is 6.15. The van der Waals surface area contributed by atoms with Crippen LogP contribution in [0.3, 0.4) is 0 Å². The first-order valence-electron chi connectivity index (χ1n) is 7.01. The minimum Gasteiger partial charge on any atom is -0.497 e. The van der Waals surface area contributed by atoms with Gasteiger partial charge in [0.15, 0.2) is 0 Å². The molecule has 0 amide bonds. The SMILES string of the molecule is COc1ccc(-c2noc(C3CCCCC3N)n2)cc1. The van der Waals surface area contributed by atoms with Crippen molar-refractivity contribution in [3.63, 3.8) is 0 Å². The number of rotatable bonds is 3. The maximum Gasteiger partial charge on any atom is 0.231 e. The summed E-state index contributed by atoms with van der Waals surface area (Å²) >= 11 is 0. The predicted octanol–water partition coefficient (Wildman–Crippen LogP) is 2.73. The van der Waals surface area contributed by atoms with E-state index in [0.717, 1.165) is 24.2 Å². The summed E-state index contributed by atoms with van der Waals surface area (Å²) < 4.78 is 10.6. The Morgan fingerprint density at radius 3 is 2.65 bits per heavy atom. The fraction of sp³-hybridized carbons (Fsp3) is 0.467. The molecule has 1 aromatic carbocycles. The van der Waals surface area contributed by atoms with Crippen LogP contribution >= 0.6 is 0 Å². The summed E-state index contributed by atoms with van der Waals surface area (Å²) in [6, 6.07) is 7.76. The van der Waals surface area contributed by atoms with Crippen LogP contribution in [0.2, 0.25) is 0 Å². The molecule has 2 atom stereocenters. The zero-order valence-electron chi connectivity index (χ0n) is 11.6. The topological polar surface area (TPSA) is 74.2 Å². The van der Waals surface area contributed by atoms with E-state index in [1.54, 1.807) is 7.11 Å². The number of aromatic nitrogens is 2. The zero-order valence-corrected chi connectivity index (χ0v) is 11.6. The van der Waals surface area contributed by atoms with E-state index in [1.165, 1.54) is 12.8 Å². The van der Waals surface area contributed by atoms with Crippen molar-refractivity contribution in [2.45, 2.75) is 37.6 Å². The van der Waals surface area contributed by atoms with E-state index in [0.29, 0.717) is 11.7 Å². The zero-order chi connectivity index (χ0) is 13.9. The molecule has 3 rings (SSSR count). The molecule has 2 aromatic rings. The molecule has 2 N–H and O–H groups in total. The van der Waals surface area contributed by atoms with Gasteiger partial charge in [-0.25, -0.2) is 0 Å². The van der Waals surface area contributed by atoms with Crippen LogP contribution < -0.4 is 10.5 Å². The van der Waals surface area contributed by atoms with Gasteiger partial charge in [0, 0.05) is 11.6 Å². The van der Waals surface area contributed by atoms with E-state index in [4.69, 9.17) is 15.0 Å². The first kappa shape index (κ1) is 13.1. The van der Waals surface area contributed by atoms with Crippen LogP contribution in [0.25, 0.3) is 11.4 Å². The van der Waals surface area contributed by atoms with Gasteiger partial charge in [0.2, 0.25) is 11.7 Å². The van der Waals surface area contributed by atoms with Crippen molar-refractivity contribution in [2.75, 3.05) is 7.11 Å². The van der Waals surface area contributed by atoms with E-state index < -0.39 is 0 Å². The Kier molecular flexibility index (Phi) is 3.69. The third-order valence-electron chi connectivity index (χ3n) is 3.93. The van der Waals surface area contributed by atoms with Gasteiger partial charge in [-0.3, -0.25) is 0 Å². The van der Waals surface area contributed by atoms with E-state index in [1.807, 2.05) is 24.3 Å². The molecule has 1 saturated carbocycles. The number of hydrogen-bond donors (Lipinski definition) is 1. The smallest absolute Gasteiger partial charge is 0.231 e. The molecule has 0 aliphatic heterocycles. The second-order valence-corrected chi connectivity index (χ2v) is 5.24. The average molecular weight is 273 g/mol. The van der Waals surface area contributed by atoms with Crippen LogP contribution in [0.4, 0.5) is 0 Å². The minimum atomic E-state index is 0.132. The fourth-order valence-corrected chi connectivity index (χ4v) is 2.71. The molecular weight excluding hydrogens is 254 g/mol. The summed E-state index contributed by atoms with van der Waals surface area (Å²) in [5.41, 5.74) is 7.07. The molecule has 1 aliphatic rings. The molecule has 0 radical (unpaired) electrons. The van der Waals surface area contributed by atoms with Crippen LogP contribution in [0.15, 0.2) is 28.8 Å². The molecule has 0 bridgehead atoms. The van der Waals surface area contributed by atoms with Gasteiger partial charge in [-0.2, -0.15) is 4.98 Å². The Labute approximate surface area is 118 Å². The molecule has 0 spiro atoms. The molecular formula is C15H19N3O2. The maximum atomic E-state index is 6.15. The van der Waals surface area contributed by atoms with Crippen LogP contribution in [0.5, 0.6) is 5.75 Å². The Hall–Kier alpha value is -1.88. The molecule has 1 fully saturated rings. The first-order valence-corrected chi connectivity index (χ1v) is 7.01. The lowest BCUT2D eigenvalue weighted by Crippen LogP contribution is -2.31. The lowest BCUT2D eigenvalue weighted by Gasteiger charge is -2.25. The minimum absolute atomic E-state index is 0.132. The van der Waals surface area contributed by atoms with Gasteiger partial charge in [-0.05, 0) is 37.1 Å². The fourth-order valence-electron chi connectivity index (χ4n) is 2.71. The highest BCUT2D eigenvalue weighted by atomic mass is 16.5. The number of hydrogen-bond acceptors (Lipinski definition) is 5. The molecule has 20 heavy (non-hydrogen) atoms. The average Bonchev–Trinajstić information content (AvgIpc) is 2.97. The largest absolute Gasteiger partial charge is 0.497 e. The van der Waals surface area contributed by atoms with Crippen LogP contribution in [-0.4, -0.2) is 23.3 Å². The lowest BCUT2D eigenvalue weighted by atomic mass is 9.85. The van der Waals surface area contributed by atoms with Gasteiger partial charge < -0.3 is 15.0 Å². The quantitative estimate of drug-likeness (QED) is 0.930. The van der Waals surface area contributed by atoms with Crippen molar-refractivity contribution in [2.24, 2.45) is 5.73 Å². The number of nitrogens with two attached hydrogens (primary N) is 1. The van der Waals surface area contributed by atoms with Crippen molar-refractivity contribution in [3.8, 4) is 17.1 Å². The van der Waals surface area contributed by atoms with E-state index in [9.17, 15) is 0 Å². The third kappa shape index (κ3) is 2.54. The molecule has 106 valence electrons. The van der Waals surface area contributed by atoms with Crippen LogP contribution in [0.1, 0.15) is 37.5 Å². The van der Waals surface area contributed by atoms with Gasteiger partial charge in [0.1, 0.15) is 5.75 Å². The highest BCUT2D eigenvalue weighted by Crippen LogP contribution is 2.32. The molecule has 5 heteroatoms. The Morgan fingerprint density at radius 2 is 1.95 bits per heavy atom. The Morgan fingerprint density at radius 1 is 1.20 bits per heavy atom. The normalized spacial score (nSPS) is 22.7. The summed E-state index contributed by atoms with van der Waals surface area (Å²) in [4.78, 5) is 4.51. The number of nitrogens with zero attached hydrogens (tertiary/aromatic N) is 2. The summed E-state index contributed by atoms with van der Waals surface area (Å²) in [7, 11) is 1.64. The van der Waals surface area contributed by atoms with Crippen molar-refractivity contribution < 1.29 is 9.26 Å². The standard InChI is InChI=1S/C15H19N3O2/c1-19-11-8-6-10(7-9-11)14-17-15(20-18-14)12-4-2-3-5-13(12)16/h6-9,12-13H,2-5,16H2,1H3. The van der Waals surface area contributed by atoms with E-state index in [2.05, 4.69) is 10.1 Å². The second-order valence-electron chi connectivity index (χ2n) is 5.24. The van der Waals surface area contributed by atoms with Crippen LogP contribution in [-0.2, 0) is 0 Å². The summed E-state index contributed by atoms with van der Waals surface area (Å²) in [5.74, 6) is 2.29. The van der Waals surface area contributed by atoms with Crippen molar-refractivity contribution in [1.29, 1.82) is 0 Å². The van der Waals surface area contributed by atoms with Crippen molar-refractivity contribution >= 4 is 0 Å². The van der Waals surface area contributed by atoms with Crippen LogP contribution in [0, 0.1) is 0 Å². The highest BCUT2D eigenvalue weighted by Gasteiger charge is 2.28. The van der Waals surface area contributed by atoms with Crippen molar-refractivity contribution in [1.82, 2.24) is 10.1 Å². The molecule has 1 aromatic heterocycles. The van der Waals surface area contributed by atoms with Crippen molar-refractivity contribution in [3.05, 3.63) is 30.2 Å². The molecule has 0 saturated heterocycles. The van der Waals surface area contributed by atoms with E-state index >= 15 is 0 Å². The van der Waals surface area contributed by atoms with E-state index in [-0.39, 0.29) is 12.0 Å². The molecule has 2 unspecified atom stereocenters. The molecule has 1 heterocycles. The number of ether oxygens (including phenoxy) is 1. The first-order chi connectivity index (χ1) is 9.78. The highest BCUT2D eigenvalue weighted by molar-refractivity contribution is 5.55. The number of methoxy groups -OCH3 is 1. The Bertz CT molecular complexity index is 565. The van der Waals surface area contributed by atoms with Gasteiger partial charge >= 0.3 is 0 Å². The van der Waals surface area contributed by atoms with Gasteiger partial charge in [0.05, 0.1) is 13.0 Å². The van der Waals surface area contributed by atoms with Gasteiger partial charge in [0.25, 0.3) is 0 Å².